The minimum Gasteiger partial charge on any atom is -0.379 e. The first kappa shape index (κ1) is 22.8. The summed E-state index contributed by atoms with van der Waals surface area (Å²) in [6.45, 7) is 6.64. The van der Waals surface area contributed by atoms with Gasteiger partial charge in [0.05, 0.1) is 19.0 Å². The highest BCUT2D eigenvalue weighted by molar-refractivity contribution is 7.99. The minimum absolute atomic E-state index is 0.0472. The molecule has 3 heterocycles. The van der Waals surface area contributed by atoms with Gasteiger partial charge >= 0.3 is 0 Å². The van der Waals surface area contributed by atoms with Crippen LogP contribution in [-0.2, 0) is 11.3 Å². The molecular formula is C25H26FN5O2S. The number of halogens is 1. The Morgan fingerprint density at radius 1 is 1.09 bits per heavy atom. The highest BCUT2D eigenvalue weighted by atomic mass is 32.2. The van der Waals surface area contributed by atoms with E-state index >= 15 is 0 Å². The fraction of sp³-hybridized carbons (Fsp3) is 0.320. The lowest BCUT2D eigenvalue weighted by atomic mass is 10.1. The summed E-state index contributed by atoms with van der Waals surface area (Å²) in [5.74, 6) is 0.678. The summed E-state index contributed by atoms with van der Waals surface area (Å²) >= 11 is 1.38. The number of morpholine rings is 1. The van der Waals surface area contributed by atoms with Gasteiger partial charge in [0.2, 0.25) is 0 Å². The van der Waals surface area contributed by atoms with E-state index in [2.05, 4.69) is 20.1 Å². The third kappa shape index (κ3) is 4.77. The molecule has 0 radical (unpaired) electrons. The molecule has 0 saturated carbocycles. The summed E-state index contributed by atoms with van der Waals surface area (Å²) in [5.41, 5.74) is 3.34. The summed E-state index contributed by atoms with van der Waals surface area (Å²) in [7, 11) is 0. The lowest BCUT2D eigenvalue weighted by Crippen LogP contribution is -2.38. The molecule has 7 nitrogen and oxygen atoms in total. The second-order valence-electron chi connectivity index (χ2n) is 8.30. The van der Waals surface area contributed by atoms with Crippen LogP contribution >= 0.6 is 11.8 Å². The molecule has 9 heteroatoms. The lowest BCUT2D eigenvalue weighted by molar-refractivity contribution is 0.0361. The van der Waals surface area contributed by atoms with E-state index in [1.54, 1.807) is 12.1 Å². The molecule has 1 N–H and O–H groups in total. The maximum atomic E-state index is 13.5. The molecule has 5 rings (SSSR count). The van der Waals surface area contributed by atoms with Crippen LogP contribution < -0.4 is 0 Å². The predicted octanol–water partition coefficient (Wildman–Crippen LogP) is 4.18. The molecule has 34 heavy (non-hydrogen) atoms. The average Bonchev–Trinajstić information content (AvgIpc) is 3.42. The summed E-state index contributed by atoms with van der Waals surface area (Å²) in [4.78, 5) is 18.8. The van der Waals surface area contributed by atoms with Crippen molar-refractivity contribution in [2.75, 3.05) is 38.6 Å². The zero-order valence-corrected chi connectivity index (χ0v) is 19.8. The van der Waals surface area contributed by atoms with Gasteiger partial charge in [0.15, 0.2) is 16.8 Å². The van der Waals surface area contributed by atoms with Crippen LogP contribution in [0.4, 0.5) is 4.39 Å². The van der Waals surface area contributed by atoms with Gasteiger partial charge in [0.1, 0.15) is 5.82 Å². The van der Waals surface area contributed by atoms with E-state index in [1.807, 2.05) is 35.8 Å². The molecule has 0 atom stereocenters. The largest absolute Gasteiger partial charge is 0.379 e. The van der Waals surface area contributed by atoms with Crippen LogP contribution in [0.1, 0.15) is 16.1 Å². The van der Waals surface area contributed by atoms with Gasteiger partial charge in [-0.3, -0.25) is 9.69 Å². The summed E-state index contributed by atoms with van der Waals surface area (Å²) < 4.78 is 21.0. The van der Waals surface area contributed by atoms with Crippen LogP contribution in [0.2, 0.25) is 0 Å². The third-order valence-electron chi connectivity index (χ3n) is 6.07. The van der Waals surface area contributed by atoms with Gasteiger partial charge < -0.3 is 14.3 Å². The summed E-state index contributed by atoms with van der Waals surface area (Å²) in [6, 6.07) is 14.1. The quantitative estimate of drug-likeness (QED) is 0.302. The van der Waals surface area contributed by atoms with Gasteiger partial charge in [-0.1, -0.05) is 30.0 Å². The Morgan fingerprint density at radius 2 is 1.85 bits per heavy atom. The van der Waals surface area contributed by atoms with Crippen molar-refractivity contribution >= 4 is 28.4 Å². The Bertz CT molecular complexity index is 1290. The topological polar surface area (TPSA) is 76.0 Å². The lowest BCUT2D eigenvalue weighted by Gasteiger charge is -2.27. The molecule has 0 amide bonds. The monoisotopic (exact) mass is 479 g/mol. The molecule has 2 aromatic heterocycles. The number of rotatable bonds is 8. The first-order valence-corrected chi connectivity index (χ1v) is 12.3. The molecule has 0 spiro atoms. The fourth-order valence-electron chi connectivity index (χ4n) is 4.31. The number of H-pyrrole nitrogens is 1. The second kappa shape index (κ2) is 10.1. The number of aromatic nitrogens is 4. The van der Waals surface area contributed by atoms with Crippen molar-refractivity contribution in [2.45, 2.75) is 18.6 Å². The van der Waals surface area contributed by atoms with Gasteiger partial charge in [0.25, 0.3) is 0 Å². The zero-order chi connectivity index (χ0) is 23.5. The van der Waals surface area contributed by atoms with Gasteiger partial charge in [-0.2, -0.15) is 0 Å². The van der Waals surface area contributed by atoms with E-state index in [-0.39, 0.29) is 17.4 Å². The number of hydrogen-bond acceptors (Lipinski definition) is 6. The van der Waals surface area contributed by atoms with Gasteiger partial charge in [-0.05, 0) is 37.3 Å². The Balaban J connectivity index is 1.38. The fourth-order valence-corrected chi connectivity index (χ4v) is 5.15. The number of para-hydroxylation sites is 1. The van der Waals surface area contributed by atoms with Gasteiger partial charge in [0, 0.05) is 53.9 Å². The van der Waals surface area contributed by atoms with Crippen molar-refractivity contribution in [3.63, 3.8) is 0 Å². The SMILES string of the molecule is Cc1[nH]c2ccccc2c1C(=O)CSc1nnc(-c2ccc(F)cc2)n1CCN1CCOCC1. The minimum atomic E-state index is -0.294. The molecule has 0 aliphatic carbocycles. The van der Waals surface area contributed by atoms with Crippen molar-refractivity contribution in [3.05, 3.63) is 65.6 Å². The summed E-state index contributed by atoms with van der Waals surface area (Å²) in [5, 5.41) is 10.4. The molecule has 0 bridgehead atoms. The number of carbonyl (C=O) groups excluding carboxylic acids is 1. The van der Waals surface area contributed by atoms with E-state index in [4.69, 9.17) is 4.74 Å². The van der Waals surface area contributed by atoms with Crippen molar-refractivity contribution in [3.8, 4) is 11.4 Å². The molecule has 1 aliphatic rings. The Morgan fingerprint density at radius 3 is 2.65 bits per heavy atom. The second-order valence-corrected chi connectivity index (χ2v) is 9.24. The van der Waals surface area contributed by atoms with Gasteiger partial charge in [-0.25, -0.2) is 4.39 Å². The van der Waals surface area contributed by atoms with Crippen molar-refractivity contribution in [1.29, 1.82) is 0 Å². The van der Waals surface area contributed by atoms with E-state index in [0.717, 1.165) is 60.6 Å². The molecule has 4 aromatic rings. The standard InChI is InChI=1S/C25H26FN5O2S/c1-17-23(20-4-2-3-5-21(20)27-17)22(32)16-34-25-29-28-24(18-6-8-19(26)9-7-18)31(25)11-10-30-12-14-33-15-13-30/h2-9,27H,10-16H2,1H3. The van der Waals surface area contributed by atoms with E-state index < -0.39 is 0 Å². The summed E-state index contributed by atoms with van der Waals surface area (Å²) in [6.07, 6.45) is 0. The van der Waals surface area contributed by atoms with E-state index in [0.29, 0.717) is 17.5 Å². The van der Waals surface area contributed by atoms with Crippen LogP contribution in [0.5, 0.6) is 0 Å². The predicted molar refractivity (Wildman–Crippen MR) is 131 cm³/mol. The Labute approximate surface area is 201 Å². The number of Topliss-reactive ketones (excluding diaryl/α,β-unsaturated/α-hetero) is 1. The number of benzene rings is 2. The van der Waals surface area contributed by atoms with Crippen LogP contribution in [0, 0.1) is 12.7 Å². The number of ketones is 1. The number of aryl methyl sites for hydroxylation is 1. The number of hydrogen-bond donors (Lipinski definition) is 1. The first-order chi connectivity index (χ1) is 16.6. The smallest absolute Gasteiger partial charge is 0.191 e. The average molecular weight is 480 g/mol. The van der Waals surface area contributed by atoms with E-state index in [1.165, 1.54) is 23.9 Å². The number of fused-ring (bicyclic) bond motifs is 1. The number of nitrogens with one attached hydrogen (secondary N) is 1. The molecule has 1 aliphatic heterocycles. The Hall–Kier alpha value is -3.01. The molecule has 1 fully saturated rings. The number of ether oxygens (including phenoxy) is 1. The van der Waals surface area contributed by atoms with Crippen molar-refractivity contribution in [2.24, 2.45) is 0 Å². The number of thioether (sulfide) groups is 1. The number of carbonyl (C=O) groups is 1. The normalized spacial score (nSPS) is 14.6. The highest BCUT2D eigenvalue weighted by Gasteiger charge is 2.20. The maximum Gasteiger partial charge on any atom is 0.191 e. The maximum absolute atomic E-state index is 13.5. The van der Waals surface area contributed by atoms with Gasteiger partial charge in [-0.15, -0.1) is 10.2 Å². The molecular weight excluding hydrogens is 453 g/mol. The van der Waals surface area contributed by atoms with Crippen LogP contribution in [0.25, 0.3) is 22.3 Å². The van der Waals surface area contributed by atoms with Crippen LogP contribution in [0.3, 0.4) is 0 Å². The molecule has 2 aromatic carbocycles. The van der Waals surface area contributed by atoms with Crippen molar-refractivity contribution in [1.82, 2.24) is 24.6 Å². The number of aromatic amines is 1. The Kier molecular flexibility index (Phi) is 6.75. The van der Waals surface area contributed by atoms with Crippen molar-refractivity contribution < 1.29 is 13.9 Å². The zero-order valence-electron chi connectivity index (χ0n) is 19.0. The molecule has 176 valence electrons. The molecule has 1 saturated heterocycles. The number of nitrogens with zero attached hydrogens (tertiary/aromatic N) is 4. The van der Waals surface area contributed by atoms with Crippen LogP contribution in [0.15, 0.2) is 53.7 Å². The van der Waals surface area contributed by atoms with E-state index in [9.17, 15) is 9.18 Å². The first-order valence-electron chi connectivity index (χ1n) is 11.3. The highest BCUT2D eigenvalue weighted by Crippen LogP contribution is 2.28. The third-order valence-corrected chi connectivity index (χ3v) is 7.03. The van der Waals surface area contributed by atoms with Crippen LogP contribution in [-0.4, -0.2) is 69.0 Å². The molecule has 0 unspecified atom stereocenters.